The van der Waals surface area contributed by atoms with Crippen molar-refractivity contribution in [1.29, 1.82) is 0 Å². The molecule has 37 heavy (non-hydrogen) atoms. The number of rotatable bonds is 8. The largest absolute Gasteiger partial charge is 0.506 e. The smallest absolute Gasteiger partial charge is 0.298 e. The van der Waals surface area contributed by atoms with E-state index in [4.69, 9.17) is 5.14 Å². The van der Waals surface area contributed by atoms with Gasteiger partial charge in [-0.3, -0.25) is 13.7 Å². The molecule has 0 spiro atoms. The zero-order chi connectivity index (χ0) is 27.1. The lowest BCUT2D eigenvalue weighted by Crippen LogP contribution is -2.37. The molecule has 2 aromatic heterocycles. The molecule has 1 aliphatic rings. The first kappa shape index (κ1) is 26.6. The second-order valence-corrected chi connectivity index (χ2v) is 12.1. The summed E-state index contributed by atoms with van der Waals surface area (Å²) in [5, 5.41) is 19.4. The molecule has 4 N–H and O–H groups in total. The van der Waals surface area contributed by atoms with E-state index in [9.17, 15) is 26.7 Å². The Morgan fingerprint density at radius 1 is 1.24 bits per heavy atom. The Hall–Kier alpha value is -3.49. The summed E-state index contributed by atoms with van der Waals surface area (Å²) in [5.74, 6) is -0.512. The second-order valence-electron chi connectivity index (χ2n) is 9.07. The van der Waals surface area contributed by atoms with Crippen LogP contribution in [0, 0.1) is 5.92 Å². The van der Waals surface area contributed by atoms with Crippen molar-refractivity contribution in [3.8, 4) is 5.75 Å². The van der Waals surface area contributed by atoms with Crippen molar-refractivity contribution in [2.24, 2.45) is 15.5 Å². The summed E-state index contributed by atoms with van der Waals surface area (Å²) in [6, 6.07) is 7.10. The first-order valence-electron chi connectivity index (χ1n) is 11.6. The van der Waals surface area contributed by atoms with Gasteiger partial charge in [0.05, 0.1) is 16.8 Å². The molecule has 3 aromatic rings. The number of aromatic hydroxyl groups is 1. The molecule has 14 heteroatoms. The maximum Gasteiger partial charge on any atom is 0.298 e. The van der Waals surface area contributed by atoms with Gasteiger partial charge in [0.1, 0.15) is 21.9 Å². The molecule has 0 radical (unpaired) electrons. The van der Waals surface area contributed by atoms with Crippen molar-refractivity contribution in [3.63, 3.8) is 0 Å². The number of hydrogen-bond donors (Lipinski definition) is 3. The molecule has 198 valence electrons. The Labute approximate surface area is 214 Å². The van der Waals surface area contributed by atoms with Gasteiger partial charge in [-0.05, 0) is 49.1 Å². The molecular formula is C23H28N6O6S2. The van der Waals surface area contributed by atoms with Crippen LogP contribution in [0.3, 0.4) is 0 Å². The fourth-order valence-corrected chi connectivity index (χ4v) is 6.08. The average molecular weight is 549 g/mol. The third-order valence-electron chi connectivity index (χ3n) is 5.89. The molecule has 1 aliphatic heterocycles. The highest BCUT2D eigenvalue weighted by molar-refractivity contribution is 7.91. The van der Waals surface area contributed by atoms with Gasteiger partial charge in [-0.25, -0.2) is 10.1 Å². The average Bonchev–Trinajstić information content (AvgIpc) is 2.81. The Balaban J connectivity index is 1.88. The van der Waals surface area contributed by atoms with E-state index in [-0.39, 0.29) is 51.2 Å². The molecule has 12 nitrogen and oxygen atoms in total. The van der Waals surface area contributed by atoms with Gasteiger partial charge in [0.15, 0.2) is 5.84 Å². The van der Waals surface area contributed by atoms with E-state index in [2.05, 4.69) is 14.7 Å². The zero-order valence-electron chi connectivity index (χ0n) is 20.5. The third kappa shape index (κ3) is 5.04. The lowest BCUT2D eigenvalue weighted by molar-refractivity contribution is 0.473. The number of pyridine rings is 2. The molecule has 0 fully saturated rings. The molecule has 3 heterocycles. The van der Waals surface area contributed by atoms with Crippen LogP contribution in [0.15, 0.2) is 50.6 Å². The molecule has 1 aromatic carbocycles. The van der Waals surface area contributed by atoms with Gasteiger partial charge in [-0.15, -0.1) is 4.40 Å². The van der Waals surface area contributed by atoms with Gasteiger partial charge >= 0.3 is 0 Å². The minimum Gasteiger partial charge on any atom is -0.506 e. The summed E-state index contributed by atoms with van der Waals surface area (Å²) in [5.41, 5.74) is -0.548. The van der Waals surface area contributed by atoms with Crippen LogP contribution in [0.2, 0.25) is 0 Å². The molecule has 0 aliphatic carbocycles. The summed E-state index contributed by atoms with van der Waals surface area (Å²) in [4.78, 5) is 17.5. The van der Waals surface area contributed by atoms with Gasteiger partial charge in [0.25, 0.3) is 25.8 Å². The van der Waals surface area contributed by atoms with Crippen LogP contribution in [0.1, 0.15) is 39.2 Å². The van der Waals surface area contributed by atoms with E-state index >= 15 is 0 Å². The van der Waals surface area contributed by atoms with Crippen LogP contribution in [0.5, 0.6) is 5.75 Å². The van der Waals surface area contributed by atoms with Crippen molar-refractivity contribution in [2.45, 2.75) is 45.1 Å². The number of aromatic nitrogens is 2. The molecule has 0 bridgehead atoms. The zero-order valence-corrected chi connectivity index (χ0v) is 22.2. The maximum absolute atomic E-state index is 13.5. The Morgan fingerprint density at radius 2 is 1.97 bits per heavy atom. The van der Waals surface area contributed by atoms with Crippen molar-refractivity contribution in [3.05, 3.63) is 52.4 Å². The van der Waals surface area contributed by atoms with E-state index in [0.717, 1.165) is 10.4 Å². The van der Waals surface area contributed by atoms with Gasteiger partial charge in [0.2, 0.25) is 0 Å². The van der Waals surface area contributed by atoms with Gasteiger partial charge in [-0.2, -0.15) is 16.8 Å². The molecule has 4 rings (SSSR count). The first-order valence-corrected chi connectivity index (χ1v) is 14.6. The first-order chi connectivity index (χ1) is 17.3. The van der Waals surface area contributed by atoms with Crippen LogP contribution in [-0.2, 0) is 26.8 Å². The fraction of sp³-hybridized carbons (Fsp3) is 0.348. The lowest BCUT2D eigenvalue weighted by Gasteiger charge is -2.24. The maximum atomic E-state index is 13.5. The van der Waals surface area contributed by atoms with Gasteiger partial charge < -0.3 is 10.4 Å². The summed E-state index contributed by atoms with van der Waals surface area (Å²) < 4.78 is 56.6. The van der Waals surface area contributed by atoms with E-state index in [1.165, 1.54) is 22.9 Å². The summed E-state index contributed by atoms with van der Waals surface area (Å²) in [7, 11) is -8.54. The Morgan fingerprint density at radius 3 is 2.62 bits per heavy atom. The number of fused-ring (bicyclic) bond motifs is 2. The van der Waals surface area contributed by atoms with Gasteiger partial charge in [0, 0.05) is 19.3 Å². The van der Waals surface area contributed by atoms with E-state index in [0.29, 0.717) is 19.4 Å². The predicted molar refractivity (Wildman–Crippen MR) is 142 cm³/mol. The van der Waals surface area contributed by atoms with Crippen LogP contribution in [0.4, 0.5) is 11.4 Å². The number of aryl methyl sites for hydroxylation is 1. The summed E-state index contributed by atoms with van der Waals surface area (Å²) in [6.07, 6.45) is 2.60. The minimum absolute atomic E-state index is 0.0501. The van der Waals surface area contributed by atoms with Crippen LogP contribution < -0.4 is 20.3 Å². The highest BCUT2D eigenvalue weighted by Gasteiger charge is 2.31. The predicted octanol–water partition coefficient (Wildman–Crippen LogP) is 2.13. The Bertz CT molecular complexity index is 1680. The number of anilines is 2. The van der Waals surface area contributed by atoms with E-state index in [1.807, 2.05) is 13.8 Å². The number of benzene rings is 1. The molecule has 0 saturated carbocycles. The third-order valence-corrected chi connectivity index (χ3v) is 8.21. The van der Waals surface area contributed by atoms with Crippen LogP contribution in [0.25, 0.3) is 11.0 Å². The molecule has 0 unspecified atom stereocenters. The van der Waals surface area contributed by atoms with E-state index in [1.54, 1.807) is 19.1 Å². The van der Waals surface area contributed by atoms with Crippen LogP contribution >= 0.6 is 0 Å². The molecule has 0 amide bonds. The van der Waals surface area contributed by atoms with Crippen molar-refractivity contribution >= 4 is 48.5 Å². The van der Waals surface area contributed by atoms with Crippen molar-refractivity contribution in [1.82, 2.24) is 9.55 Å². The highest BCUT2D eigenvalue weighted by Crippen LogP contribution is 2.34. The van der Waals surface area contributed by atoms with Crippen molar-refractivity contribution < 1.29 is 21.9 Å². The number of nitrogens with one attached hydrogen (secondary N) is 1. The van der Waals surface area contributed by atoms with Crippen molar-refractivity contribution in [2.75, 3.05) is 16.2 Å². The summed E-state index contributed by atoms with van der Waals surface area (Å²) in [6.45, 7) is 6.12. The fourth-order valence-electron chi connectivity index (χ4n) is 4.09. The molecular weight excluding hydrogens is 520 g/mol. The van der Waals surface area contributed by atoms with Crippen LogP contribution in [-0.4, -0.2) is 43.9 Å². The molecule has 0 saturated heterocycles. The number of nitrogens with two attached hydrogens (primary N) is 1. The standard InChI is InChI=1S/C23H28N6O6S2/c1-4-11-29(37(24,34)35)15-7-8-17-18(13-15)36(32,33)27-21(26-17)19-20(30)16-6-5-10-25-22(16)28(23(19)31)12-9-14(2)3/h5-8,10,13-14,30H,4,9,11-12H2,1-3H3,(H,26,27)(H2,24,34,35). The monoisotopic (exact) mass is 548 g/mol. The van der Waals surface area contributed by atoms with E-state index < -0.39 is 31.5 Å². The minimum atomic E-state index is -4.39. The highest BCUT2D eigenvalue weighted by atomic mass is 32.2. The quantitative estimate of drug-likeness (QED) is 0.383. The number of amidine groups is 1. The lowest BCUT2D eigenvalue weighted by atomic mass is 10.1. The number of nitrogens with zero attached hydrogens (tertiary/aromatic N) is 4. The Kier molecular flexibility index (Phi) is 7.01. The number of sulfonamides is 1. The number of hydrogen-bond acceptors (Lipinski definition) is 8. The topological polar surface area (TPSA) is 177 Å². The normalized spacial score (nSPS) is 14.8. The molecule has 0 atom stereocenters. The second kappa shape index (κ2) is 9.76. The SMILES string of the molecule is CCCN(c1ccc2c(c1)S(=O)(=O)N=C(c1c(O)c3cccnc3n(CCC(C)C)c1=O)N2)S(N)(=O)=O. The summed E-state index contributed by atoms with van der Waals surface area (Å²) >= 11 is 0. The van der Waals surface area contributed by atoms with Gasteiger partial charge in [-0.1, -0.05) is 20.8 Å².